The second-order valence-corrected chi connectivity index (χ2v) is 5.58. The van der Waals surface area contributed by atoms with Gasteiger partial charge >= 0.3 is 0 Å². The van der Waals surface area contributed by atoms with Crippen molar-refractivity contribution in [1.29, 1.82) is 0 Å². The summed E-state index contributed by atoms with van der Waals surface area (Å²) in [5.74, 6) is 0.755. The van der Waals surface area contributed by atoms with E-state index in [2.05, 4.69) is 13.8 Å². The summed E-state index contributed by atoms with van der Waals surface area (Å²) in [5.41, 5.74) is 0.804. The van der Waals surface area contributed by atoms with Crippen LogP contribution >= 0.6 is 0 Å². The van der Waals surface area contributed by atoms with Crippen molar-refractivity contribution in [3.63, 3.8) is 0 Å². The van der Waals surface area contributed by atoms with Gasteiger partial charge in [-0.3, -0.25) is 0 Å². The molecule has 0 radical (unpaired) electrons. The Bertz CT molecular complexity index is 577. The molecular weight excluding hydrogens is 263 g/mol. The summed E-state index contributed by atoms with van der Waals surface area (Å²) >= 11 is 0. The highest BCUT2D eigenvalue weighted by Gasteiger charge is 2.07. The van der Waals surface area contributed by atoms with Crippen molar-refractivity contribution in [3.05, 3.63) is 41.7 Å². The zero-order valence-electron chi connectivity index (χ0n) is 13.1. The van der Waals surface area contributed by atoms with Crippen molar-refractivity contribution in [2.45, 2.75) is 52.4 Å². The van der Waals surface area contributed by atoms with Gasteiger partial charge in [-0.25, -0.2) is 4.39 Å². The third-order valence-corrected chi connectivity index (χ3v) is 3.79. The van der Waals surface area contributed by atoms with Crippen LogP contribution in [0.5, 0.6) is 5.75 Å². The largest absolute Gasteiger partial charge is 0.494 e. The Hall–Kier alpha value is -1.57. The molecule has 2 aromatic rings. The van der Waals surface area contributed by atoms with Crippen LogP contribution in [-0.2, 0) is 6.42 Å². The molecule has 2 heteroatoms. The predicted octanol–water partition coefficient (Wildman–Crippen LogP) is 5.89. The number of fused-ring (bicyclic) bond motifs is 1. The third kappa shape index (κ3) is 4.20. The summed E-state index contributed by atoms with van der Waals surface area (Å²) < 4.78 is 20.1. The minimum Gasteiger partial charge on any atom is -0.494 e. The van der Waals surface area contributed by atoms with Crippen molar-refractivity contribution in [3.8, 4) is 5.75 Å². The average molecular weight is 288 g/mol. The summed E-state index contributed by atoms with van der Waals surface area (Å²) in [6, 6.07) is 9.54. The normalized spacial score (nSPS) is 11.0. The Kier molecular flexibility index (Phi) is 6.04. The summed E-state index contributed by atoms with van der Waals surface area (Å²) in [4.78, 5) is 0. The lowest BCUT2D eigenvalue weighted by atomic mass is 10.0. The molecule has 0 saturated heterocycles. The van der Waals surface area contributed by atoms with Crippen LogP contribution in [0.25, 0.3) is 10.8 Å². The average Bonchev–Trinajstić information content (AvgIpc) is 2.50. The molecule has 2 aromatic carbocycles. The molecule has 0 fully saturated rings. The first-order valence-electron chi connectivity index (χ1n) is 8.10. The van der Waals surface area contributed by atoms with Crippen molar-refractivity contribution in [2.24, 2.45) is 0 Å². The number of halogens is 1. The van der Waals surface area contributed by atoms with E-state index in [-0.39, 0.29) is 5.82 Å². The maximum absolute atomic E-state index is 14.3. The first-order valence-corrected chi connectivity index (χ1v) is 8.10. The van der Waals surface area contributed by atoms with Crippen molar-refractivity contribution >= 4 is 10.8 Å². The number of unbranched alkanes of at least 4 members (excludes halogenated alkanes) is 3. The fourth-order valence-corrected chi connectivity index (χ4v) is 2.59. The van der Waals surface area contributed by atoms with Gasteiger partial charge in [0, 0.05) is 5.39 Å². The van der Waals surface area contributed by atoms with E-state index >= 15 is 0 Å². The van der Waals surface area contributed by atoms with Crippen LogP contribution < -0.4 is 4.74 Å². The van der Waals surface area contributed by atoms with Gasteiger partial charge in [0.25, 0.3) is 0 Å². The van der Waals surface area contributed by atoms with E-state index in [4.69, 9.17) is 4.74 Å². The lowest BCUT2D eigenvalue weighted by Gasteiger charge is -2.09. The number of ether oxygens (including phenoxy) is 1. The van der Waals surface area contributed by atoms with E-state index in [1.165, 1.54) is 19.3 Å². The Balaban J connectivity index is 2.06. The Morgan fingerprint density at radius 2 is 1.81 bits per heavy atom. The third-order valence-electron chi connectivity index (χ3n) is 3.79. The molecule has 0 heterocycles. The number of benzene rings is 2. The van der Waals surface area contributed by atoms with E-state index in [1.54, 1.807) is 0 Å². The van der Waals surface area contributed by atoms with Gasteiger partial charge in [0.2, 0.25) is 0 Å². The van der Waals surface area contributed by atoms with Crippen LogP contribution in [-0.4, -0.2) is 6.61 Å². The first kappa shape index (κ1) is 15.8. The van der Waals surface area contributed by atoms with Gasteiger partial charge in [-0.2, -0.15) is 0 Å². The van der Waals surface area contributed by atoms with E-state index in [9.17, 15) is 4.39 Å². The zero-order valence-corrected chi connectivity index (χ0v) is 13.1. The second kappa shape index (κ2) is 8.02. The smallest absolute Gasteiger partial charge is 0.134 e. The van der Waals surface area contributed by atoms with E-state index in [1.807, 2.05) is 30.3 Å². The minimum absolute atomic E-state index is 0.0798. The lowest BCUT2D eigenvalue weighted by Crippen LogP contribution is -1.97. The zero-order chi connectivity index (χ0) is 15.1. The highest BCUT2D eigenvalue weighted by Crippen LogP contribution is 2.26. The summed E-state index contributed by atoms with van der Waals surface area (Å²) in [6.45, 7) is 5.01. The summed E-state index contributed by atoms with van der Waals surface area (Å²) in [6.07, 6.45) is 6.52. The molecule has 0 bridgehead atoms. The fourth-order valence-electron chi connectivity index (χ4n) is 2.59. The molecule has 0 aliphatic carbocycles. The first-order chi connectivity index (χ1) is 10.3. The molecule has 0 aromatic heterocycles. The molecule has 1 nitrogen and oxygen atoms in total. The Labute approximate surface area is 127 Å². The molecule has 0 N–H and O–H groups in total. The molecular formula is C19H25FO. The summed E-state index contributed by atoms with van der Waals surface area (Å²) in [5, 5.41) is 1.61. The van der Waals surface area contributed by atoms with Gasteiger partial charge in [0.1, 0.15) is 11.6 Å². The second-order valence-electron chi connectivity index (χ2n) is 5.58. The molecule has 0 aliphatic heterocycles. The lowest BCUT2D eigenvalue weighted by molar-refractivity contribution is 0.305. The maximum Gasteiger partial charge on any atom is 0.134 e. The van der Waals surface area contributed by atoms with Crippen molar-refractivity contribution < 1.29 is 9.13 Å². The molecule has 0 atom stereocenters. The van der Waals surface area contributed by atoms with Gasteiger partial charge < -0.3 is 4.74 Å². The predicted molar refractivity (Wildman–Crippen MR) is 87.5 cm³/mol. The summed E-state index contributed by atoms with van der Waals surface area (Å²) in [7, 11) is 0. The minimum atomic E-state index is -0.0798. The van der Waals surface area contributed by atoms with Crippen LogP contribution in [0.15, 0.2) is 30.3 Å². The number of hydrogen-bond acceptors (Lipinski definition) is 1. The number of hydrogen-bond donors (Lipinski definition) is 0. The molecule has 0 unspecified atom stereocenters. The highest BCUT2D eigenvalue weighted by atomic mass is 19.1. The van der Waals surface area contributed by atoms with Crippen LogP contribution in [0.2, 0.25) is 0 Å². The Morgan fingerprint density at radius 3 is 2.57 bits per heavy atom. The van der Waals surface area contributed by atoms with Gasteiger partial charge in [-0.1, -0.05) is 51.7 Å². The van der Waals surface area contributed by atoms with Gasteiger partial charge in [-0.15, -0.1) is 0 Å². The quantitative estimate of drug-likeness (QED) is 0.550. The van der Waals surface area contributed by atoms with Crippen LogP contribution in [0.1, 0.15) is 51.5 Å². The van der Waals surface area contributed by atoms with Gasteiger partial charge in [-0.05, 0) is 42.0 Å². The molecule has 21 heavy (non-hydrogen) atoms. The fraction of sp³-hybridized carbons (Fsp3) is 0.474. The molecule has 114 valence electrons. The SMILES string of the molecule is CCCCCCOc1ccc2c(F)c(CCC)ccc2c1. The van der Waals surface area contributed by atoms with Crippen LogP contribution in [0.3, 0.4) is 0 Å². The van der Waals surface area contributed by atoms with E-state index in [0.717, 1.165) is 42.6 Å². The molecule has 0 saturated carbocycles. The Morgan fingerprint density at radius 1 is 0.952 bits per heavy atom. The van der Waals surface area contributed by atoms with Gasteiger partial charge in [0.15, 0.2) is 0 Å². The molecule has 0 aliphatic rings. The topological polar surface area (TPSA) is 9.23 Å². The highest BCUT2D eigenvalue weighted by molar-refractivity contribution is 5.85. The van der Waals surface area contributed by atoms with E-state index < -0.39 is 0 Å². The molecule has 2 rings (SSSR count). The standard InChI is InChI=1S/C19H25FO/c1-3-5-6-7-13-21-17-11-12-18-16(14-17)10-9-15(8-4-2)19(18)20/h9-12,14H,3-8,13H2,1-2H3. The van der Waals surface area contributed by atoms with Crippen LogP contribution in [0.4, 0.5) is 4.39 Å². The van der Waals surface area contributed by atoms with Gasteiger partial charge in [0.05, 0.1) is 6.61 Å². The molecule has 0 amide bonds. The van der Waals surface area contributed by atoms with Crippen molar-refractivity contribution in [2.75, 3.05) is 6.61 Å². The monoisotopic (exact) mass is 288 g/mol. The molecule has 0 spiro atoms. The maximum atomic E-state index is 14.3. The van der Waals surface area contributed by atoms with E-state index in [0.29, 0.717) is 5.39 Å². The van der Waals surface area contributed by atoms with Crippen LogP contribution in [0, 0.1) is 5.82 Å². The number of rotatable bonds is 8. The number of aryl methyl sites for hydroxylation is 1. The van der Waals surface area contributed by atoms with Crippen molar-refractivity contribution in [1.82, 2.24) is 0 Å².